The van der Waals surface area contributed by atoms with Crippen molar-refractivity contribution >= 4 is 0 Å². The zero-order valence-corrected chi connectivity index (χ0v) is 10.7. The van der Waals surface area contributed by atoms with Crippen molar-refractivity contribution in [1.29, 1.82) is 0 Å². The molecule has 0 aliphatic rings. The molecule has 0 aliphatic heterocycles. The lowest BCUT2D eigenvalue weighted by Crippen LogP contribution is -2.13. The molecule has 0 fully saturated rings. The topological polar surface area (TPSA) is 29.9 Å². The van der Waals surface area contributed by atoms with E-state index in [9.17, 15) is 0 Å². The number of hydrogen-bond acceptors (Lipinski definition) is 2. The summed E-state index contributed by atoms with van der Waals surface area (Å²) in [4.78, 5) is 0. The molecule has 0 radical (unpaired) electrons. The van der Waals surface area contributed by atoms with Crippen LogP contribution in [0.25, 0.3) is 11.3 Å². The van der Waals surface area contributed by atoms with Crippen LogP contribution in [0.15, 0.2) is 30.5 Å². The molecule has 0 spiro atoms. The number of aryl methyl sites for hydroxylation is 2. The summed E-state index contributed by atoms with van der Waals surface area (Å²) in [6, 6.07) is 8.64. The molecule has 1 heterocycles. The zero-order chi connectivity index (χ0) is 12.3. The molecule has 2 rings (SSSR count). The van der Waals surface area contributed by atoms with Gasteiger partial charge in [0.2, 0.25) is 0 Å². The van der Waals surface area contributed by atoms with Crippen molar-refractivity contribution in [2.75, 3.05) is 6.54 Å². The number of hydrogen-bond donors (Lipinski definition) is 1. The van der Waals surface area contributed by atoms with Crippen LogP contribution in [-0.2, 0) is 13.6 Å². The van der Waals surface area contributed by atoms with Gasteiger partial charge in [-0.2, -0.15) is 5.10 Å². The molecule has 0 atom stereocenters. The normalized spacial score (nSPS) is 10.8. The molecular weight excluding hydrogens is 210 g/mol. The fourth-order valence-electron chi connectivity index (χ4n) is 1.98. The van der Waals surface area contributed by atoms with Crippen molar-refractivity contribution in [3.8, 4) is 11.3 Å². The number of nitrogens with one attached hydrogen (secondary N) is 1. The Labute approximate surface area is 102 Å². The van der Waals surface area contributed by atoms with Crippen molar-refractivity contribution in [1.82, 2.24) is 15.1 Å². The minimum Gasteiger partial charge on any atom is -0.313 e. The molecule has 17 heavy (non-hydrogen) atoms. The Morgan fingerprint density at radius 1 is 1.29 bits per heavy atom. The van der Waals surface area contributed by atoms with Crippen LogP contribution in [0.1, 0.15) is 18.1 Å². The molecule has 3 nitrogen and oxygen atoms in total. The molecule has 1 aromatic carbocycles. The quantitative estimate of drug-likeness (QED) is 0.873. The van der Waals surface area contributed by atoms with Gasteiger partial charge in [0.25, 0.3) is 0 Å². The summed E-state index contributed by atoms with van der Waals surface area (Å²) in [6.07, 6.45) is 1.84. The van der Waals surface area contributed by atoms with Gasteiger partial charge in [-0.1, -0.05) is 24.6 Å². The molecule has 3 heteroatoms. The second-order valence-electron chi connectivity index (χ2n) is 4.28. The van der Waals surface area contributed by atoms with E-state index in [-0.39, 0.29) is 0 Å². The Morgan fingerprint density at radius 3 is 2.76 bits per heavy atom. The maximum Gasteiger partial charge on any atom is 0.0682 e. The summed E-state index contributed by atoms with van der Waals surface area (Å²) in [5.74, 6) is 0. The van der Waals surface area contributed by atoms with E-state index in [0.29, 0.717) is 0 Å². The number of rotatable bonds is 4. The van der Waals surface area contributed by atoms with Gasteiger partial charge in [0.1, 0.15) is 0 Å². The van der Waals surface area contributed by atoms with Crippen LogP contribution in [0.4, 0.5) is 0 Å². The summed E-state index contributed by atoms with van der Waals surface area (Å²) in [6.45, 7) is 6.13. The lowest BCUT2D eigenvalue weighted by atomic mass is 10.0. The largest absolute Gasteiger partial charge is 0.313 e. The molecule has 0 saturated carbocycles. The molecule has 0 saturated heterocycles. The smallest absolute Gasteiger partial charge is 0.0682 e. The van der Waals surface area contributed by atoms with E-state index in [1.807, 2.05) is 17.9 Å². The van der Waals surface area contributed by atoms with E-state index in [4.69, 9.17) is 0 Å². The second-order valence-corrected chi connectivity index (χ2v) is 4.28. The minimum absolute atomic E-state index is 0.900. The van der Waals surface area contributed by atoms with Crippen molar-refractivity contribution in [2.24, 2.45) is 7.05 Å². The third-order valence-electron chi connectivity index (χ3n) is 2.93. The highest BCUT2D eigenvalue weighted by molar-refractivity contribution is 5.64. The fraction of sp³-hybridized carbons (Fsp3) is 0.357. The zero-order valence-electron chi connectivity index (χ0n) is 10.7. The molecule has 0 aliphatic carbocycles. The summed E-state index contributed by atoms with van der Waals surface area (Å²) in [7, 11) is 1.98. The highest BCUT2D eigenvalue weighted by Crippen LogP contribution is 2.24. The van der Waals surface area contributed by atoms with E-state index in [1.54, 1.807) is 0 Å². The van der Waals surface area contributed by atoms with Gasteiger partial charge in [-0.05, 0) is 31.2 Å². The van der Waals surface area contributed by atoms with Gasteiger partial charge in [-0.25, -0.2) is 0 Å². The molecular formula is C14H19N3. The van der Waals surface area contributed by atoms with E-state index in [0.717, 1.165) is 13.1 Å². The van der Waals surface area contributed by atoms with E-state index < -0.39 is 0 Å². The molecule has 2 aromatic rings. The third-order valence-corrected chi connectivity index (χ3v) is 2.93. The first kappa shape index (κ1) is 11.9. The van der Waals surface area contributed by atoms with Crippen LogP contribution in [0, 0.1) is 6.92 Å². The van der Waals surface area contributed by atoms with Gasteiger partial charge >= 0.3 is 0 Å². The van der Waals surface area contributed by atoms with Gasteiger partial charge < -0.3 is 5.32 Å². The van der Waals surface area contributed by atoms with Crippen molar-refractivity contribution < 1.29 is 0 Å². The van der Waals surface area contributed by atoms with Crippen molar-refractivity contribution in [3.63, 3.8) is 0 Å². The predicted octanol–water partition coefficient (Wildman–Crippen LogP) is 2.51. The standard InChI is InChI=1S/C14H19N3/c1-4-15-10-12-6-5-11(2)9-13(12)14-7-8-16-17(14)3/h5-9,15H,4,10H2,1-3H3. The van der Waals surface area contributed by atoms with Gasteiger partial charge in [-0.15, -0.1) is 0 Å². The summed E-state index contributed by atoms with van der Waals surface area (Å²) in [5, 5.41) is 7.62. The summed E-state index contributed by atoms with van der Waals surface area (Å²) < 4.78 is 1.92. The lowest BCUT2D eigenvalue weighted by Gasteiger charge is -2.11. The minimum atomic E-state index is 0.900. The average Bonchev–Trinajstić information content (AvgIpc) is 2.74. The van der Waals surface area contributed by atoms with Gasteiger partial charge in [-0.3, -0.25) is 4.68 Å². The molecule has 0 amide bonds. The predicted molar refractivity (Wildman–Crippen MR) is 70.8 cm³/mol. The first-order chi connectivity index (χ1) is 8.22. The van der Waals surface area contributed by atoms with Crippen LogP contribution in [-0.4, -0.2) is 16.3 Å². The van der Waals surface area contributed by atoms with Gasteiger partial charge in [0, 0.05) is 25.4 Å². The average molecular weight is 229 g/mol. The second kappa shape index (κ2) is 5.15. The number of nitrogens with zero attached hydrogens (tertiary/aromatic N) is 2. The highest BCUT2D eigenvalue weighted by atomic mass is 15.3. The Balaban J connectivity index is 2.43. The van der Waals surface area contributed by atoms with Crippen LogP contribution in [0.3, 0.4) is 0 Å². The third kappa shape index (κ3) is 2.56. The van der Waals surface area contributed by atoms with E-state index in [2.05, 4.69) is 48.5 Å². The van der Waals surface area contributed by atoms with Gasteiger partial charge in [0.15, 0.2) is 0 Å². The van der Waals surface area contributed by atoms with Crippen LogP contribution < -0.4 is 5.32 Å². The van der Waals surface area contributed by atoms with Crippen LogP contribution in [0.2, 0.25) is 0 Å². The van der Waals surface area contributed by atoms with Crippen LogP contribution >= 0.6 is 0 Å². The maximum absolute atomic E-state index is 4.24. The Hall–Kier alpha value is -1.61. The van der Waals surface area contributed by atoms with Crippen LogP contribution in [0.5, 0.6) is 0 Å². The maximum atomic E-state index is 4.24. The molecule has 0 bridgehead atoms. The van der Waals surface area contributed by atoms with E-state index in [1.165, 1.54) is 22.4 Å². The summed E-state index contributed by atoms with van der Waals surface area (Å²) in [5.41, 5.74) is 5.04. The number of aromatic nitrogens is 2. The van der Waals surface area contributed by atoms with Gasteiger partial charge in [0.05, 0.1) is 5.69 Å². The van der Waals surface area contributed by atoms with Crippen molar-refractivity contribution in [3.05, 3.63) is 41.6 Å². The van der Waals surface area contributed by atoms with E-state index >= 15 is 0 Å². The Kier molecular flexibility index (Phi) is 3.59. The molecule has 1 N–H and O–H groups in total. The Morgan fingerprint density at radius 2 is 2.12 bits per heavy atom. The fourth-order valence-corrected chi connectivity index (χ4v) is 1.98. The lowest BCUT2D eigenvalue weighted by molar-refractivity contribution is 0.724. The highest BCUT2D eigenvalue weighted by Gasteiger charge is 2.08. The molecule has 0 unspecified atom stereocenters. The first-order valence-electron chi connectivity index (χ1n) is 6.01. The number of benzene rings is 1. The summed E-state index contributed by atoms with van der Waals surface area (Å²) >= 11 is 0. The molecule has 1 aromatic heterocycles. The van der Waals surface area contributed by atoms with Crippen molar-refractivity contribution in [2.45, 2.75) is 20.4 Å². The first-order valence-corrected chi connectivity index (χ1v) is 6.01. The molecule has 90 valence electrons. The Bertz CT molecular complexity index is 500. The monoisotopic (exact) mass is 229 g/mol. The SMILES string of the molecule is CCNCc1ccc(C)cc1-c1ccnn1C.